The molecule has 4 heteroatoms. The predicted octanol–water partition coefficient (Wildman–Crippen LogP) is 5.03. The lowest BCUT2D eigenvalue weighted by molar-refractivity contribution is 0.0173. The van der Waals surface area contributed by atoms with Crippen molar-refractivity contribution in [3.63, 3.8) is 0 Å². The van der Waals surface area contributed by atoms with E-state index in [1.165, 1.54) is 5.56 Å². The van der Waals surface area contributed by atoms with Gasteiger partial charge in [-0.05, 0) is 60.4 Å². The maximum absolute atomic E-state index is 13.8. The first-order chi connectivity index (χ1) is 12.0. The highest BCUT2D eigenvalue weighted by Crippen LogP contribution is 2.54. The van der Waals surface area contributed by atoms with Crippen molar-refractivity contribution >= 4 is 5.69 Å². The van der Waals surface area contributed by atoms with Gasteiger partial charge in [-0.25, -0.2) is 8.78 Å². The fraction of sp³-hybridized carbons (Fsp3) is 0.429. The van der Waals surface area contributed by atoms with Crippen LogP contribution in [0.15, 0.2) is 48.5 Å². The summed E-state index contributed by atoms with van der Waals surface area (Å²) in [6.07, 6.45) is 2.03. The molecule has 0 aromatic heterocycles. The van der Waals surface area contributed by atoms with E-state index in [1.807, 2.05) is 12.1 Å². The quantitative estimate of drug-likeness (QED) is 0.821. The zero-order chi connectivity index (χ0) is 17.6. The molecule has 2 aliphatic rings. The van der Waals surface area contributed by atoms with Crippen molar-refractivity contribution in [2.45, 2.75) is 37.6 Å². The van der Waals surface area contributed by atoms with E-state index in [1.54, 1.807) is 12.1 Å². The second-order valence-electron chi connectivity index (χ2n) is 7.57. The number of alkyl halides is 2. The summed E-state index contributed by atoms with van der Waals surface area (Å²) in [5, 5.41) is 3.62. The van der Waals surface area contributed by atoms with Gasteiger partial charge in [-0.2, -0.15) is 0 Å². The first kappa shape index (κ1) is 16.5. The first-order valence-corrected chi connectivity index (χ1v) is 9.01. The number of rotatable bonds is 3. The van der Waals surface area contributed by atoms with Gasteiger partial charge in [-0.15, -0.1) is 0 Å². The number of hydrogen-bond donors (Lipinski definition) is 2. The van der Waals surface area contributed by atoms with E-state index in [4.69, 9.17) is 5.73 Å². The molecule has 0 amide bonds. The number of fused-ring (bicyclic) bond motifs is 3. The molecule has 0 radical (unpaired) electrons. The summed E-state index contributed by atoms with van der Waals surface area (Å²) in [6, 6.07) is 15.7. The van der Waals surface area contributed by atoms with E-state index in [2.05, 4.69) is 29.6 Å². The Bertz CT molecular complexity index is 754. The van der Waals surface area contributed by atoms with Crippen LogP contribution in [0.2, 0.25) is 0 Å². The maximum Gasteiger partial charge on any atom is 0.270 e. The number of halogens is 2. The third-order valence-corrected chi connectivity index (χ3v) is 5.90. The van der Waals surface area contributed by atoms with Crippen molar-refractivity contribution < 1.29 is 8.78 Å². The van der Waals surface area contributed by atoms with Crippen molar-refractivity contribution in [3.05, 3.63) is 65.2 Å². The molecule has 2 nitrogen and oxygen atoms in total. The molecular formula is C21H24F2N2. The highest BCUT2D eigenvalue weighted by molar-refractivity contribution is 5.59. The van der Waals surface area contributed by atoms with Crippen molar-refractivity contribution in [2.24, 2.45) is 17.6 Å². The molecule has 4 rings (SSSR count). The predicted molar refractivity (Wildman–Crippen MR) is 96.8 cm³/mol. The number of benzene rings is 2. The topological polar surface area (TPSA) is 38.0 Å². The monoisotopic (exact) mass is 342 g/mol. The Labute approximate surface area is 147 Å². The van der Waals surface area contributed by atoms with Crippen LogP contribution in [0.1, 0.15) is 48.4 Å². The molecule has 4 atom stereocenters. The van der Waals surface area contributed by atoms with E-state index in [0.717, 1.165) is 31.0 Å². The van der Waals surface area contributed by atoms with Gasteiger partial charge in [0.25, 0.3) is 5.92 Å². The lowest BCUT2D eigenvalue weighted by Gasteiger charge is -2.38. The Balaban J connectivity index is 1.77. The van der Waals surface area contributed by atoms with Crippen molar-refractivity contribution in [3.8, 4) is 0 Å². The molecule has 1 aliphatic carbocycles. The van der Waals surface area contributed by atoms with Crippen LogP contribution >= 0.6 is 0 Å². The number of nitrogens with one attached hydrogen (secondary N) is 1. The third kappa shape index (κ3) is 2.93. The first-order valence-electron chi connectivity index (χ1n) is 9.01. The van der Waals surface area contributed by atoms with Crippen LogP contribution in [0, 0.1) is 11.8 Å². The van der Waals surface area contributed by atoms with Crippen LogP contribution in [-0.2, 0) is 5.92 Å². The number of anilines is 1. The van der Waals surface area contributed by atoms with E-state index >= 15 is 0 Å². The SMILES string of the molecule is CC(F)(F)c1ccc2c(c1)[C@H]1C[C@H](CN)C[C@H]1[C@H](c1ccccc1)N2. The fourth-order valence-corrected chi connectivity index (χ4v) is 4.64. The lowest BCUT2D eigenvalue weighted by atomic mass is 9.77. The van der Waals surface area contributed by atoms with Crippen molar-refractivity contribution in [1.29, 1.82) is 0 Å². The standard InChI is InChI=1S/C21H24F2N2/c1-21(22,23)15-7-8-19-17(11-15)16-9-13(12-24)10-18(16)20(25-19)14-5-3-2-4-6-14/h2-8,11,13,16,18,20,25H,9-10,12,24H2,1H3/t13-,16+,18+,20-/m0/s1. The van der Waals surface area contributed by atoms with Crippen molar-refractivity contribution in [1.82, 2.24) is 0 Å². The molecule has 1 heterocycles. The summed E-state index contributed by atoms with van der Waals surface area (Å²) in [5.74, 6) is -1.67. The minimum absolute atomic E-state index is 0.0983. The van der Waals surface area contributed by atoms with Gasteiger partial charge in [-0.3, -0.25) is 0 Å². The second kappa shape index (κ2) is 6.10. The number of nitrogens with two attached hydrogens (primary N) is 1. The van der Waals surface area contributed by atoms with Gasteiger partial charge < -0.3 is 11.1 Å². The number of hydrogen-bond acceptors (Lipinski definition) is 2. The van der Waals surface area contributed by atoms with Crippen LogP contribution in [0.4, 0.5) is 14.5 Å². The normalized spacial score (nSPS) is 28.2. The van der Waals surface area contributed by atoms with Crippen molar-refractivity contribution in [2.75, 3.05) is 11.9 Å². The second-order valence-corrected chi connectivity index (χ2v) is 7.57. The zero-order valence-electron chi connectivity index (χ0n) is 14.4. The summed E-state index contributed by atoms with van der Waals surface area (Å²) >= 11 is 0. The van der Waals surface area contributed by atoms with Crippen LogP contribution in [0.5, 0.6) is 0 Å². The molecule has 1 fully saturated rings. The molecule has 0 spiro atoms. The van der Waals surface area contributed by atoms with Gasteiger partial charge >= 0.3 is 0 Å². The van der Waals surface area contributed by atoms with Gasteiger partial charge in [0.05, 0.1) is 6.04 Å². The van der Waals surface area contributed by atoms with E-state index in [0.29, 0.717) is 18.4 Å². The van der Waals surface area contributed by atoms with Gasteiger partial charge in [0.2, 0.25) is 0 Å². The molecule has 132 valence electrons. The summed E-state index contributed by atoms with van der Waals surface area (Å²) in [5.41, 5.74) is 9.33. The maximum atomic E-state index is 13.8. The Morgan fingerprint density at radius 3 is 2.56 bits per heavy atom. The van der Waals surface area contributed by atoms with E-state index in [-0.39, 0.29) is 17.5 Å². The molecule has 3 N–H and O–H groups in total. The molecule has 0 unspecified atom stereocenters. The lowest BCUT2D eigenvalue weighted by Crippen LogP contribution is -2.29. The summed E-state index contributed by atoms with van der Waals surface area (Å²) in [4.78, 5) is 0. The average Bonchev–Trinajstić information content (AvgIpc) is 3.05. The molecule has 0 saturated heterocycles. The highest BCUT2D eigenvalue weighted by atomic mass is 19.3. The van der Waals surface area contributed by atoms with Crippen LogP contribution in [0.25, 0.3) is 0 Å². The molecule has 1 aliphatic heterocycles. The Morgan fingerprint density at radius 1 is 1.12 bits per heavy atom. The van der Waals surface area contributed by atoms with Gasteiger partial charge in [0, 0.05) is 18.2 Å². The minimum atomic E-state index is -2.81. The largest absolute Gasteiger partial charge is 0.378 e. The van der Waals surface area contributed by atoms with Gasteiger partial charge in [0.1, 0.15) is 0 Å². The third-order valence-electron chi connectivity index (χ3n) is 5.90. The van der Waals surface area contributed by atoms with Crippen LogP contribution < -0.4 is 11.1 Å². The Morgan fingerprint density at radius 2 is 1.88 bits per heavy atom. The molecule has 2 aromatic carbocycles. The van der Waals surface area contributed by atoms with Crippen LogP contribution in [0.3, 0.4) is 0 Å². The fourth-order valence-electron chi connectivity index (χ4n) is 4.64. The molecule has 0 bridgehead atoms. The van der Waals surface area contributed by atoms with E-state index < -0.39 is 5.92 Å². The Kier molecular flexibility index (Phi) is 4.03. The zero-order valence-corrected chi connectivity index (χ0v) is 14.4. The Hall–Kier alpha value is -1.94. The minimum Gasteiger partial charge on any atom is -0.378 e. The van der Waals surface area contributed by atoms with E-state index in [9.17, 15) is 8.78 Å². The summed E-state index contributed by atoms with van der Waals surface area (Å²) < 4.78 is 27.6. The highest BCUT2D eigenvalue weighted by Gasteiger charge is 2.44. The molecule has 1 saturated carbocycles. The summed E-state index contributed by atoms with van der Waals surface area (Å²) in [7, 11) is 0. The van der Waals surface area contributed by atoms with Crippen LogP contribution in [-0.4, -0.2) is 6.54 Å². The molecule has 25 heavy (non-hydrogen) atoms. The average molecular weight is 342 g/mol. The van der Waals surface area contributed by atoms with Gasteiger partial charge in [-0.1, -0.05) is 36.4 Å². The smallest absolute Gasteiger partial charge is 0.270 e. The molecule has 2 aromatic rings. The van der Waals surface area contributed by atoms with Gasteiger partial charge in [0.15, 0.2) is 0 Å². The molecular weight excluding hydrogens is 318 g/mol. The summed E-state index contributed by atoms with van der Waals surface area (Å²) in [6.45, 7) is 1.63.